The second-order valence-electron chi connectivity index (χ2n) is 10.9. The van der Waals surface area contributed by atoms with Crippen LogP contribution < -0.4 is 10.1 Å². The van der Waals surface area contributed by atoms with Crippen LogP contribution in [0.3, 0.4) is 0 Å². The third kappa shape index (κ3) is 7.10. The number of fused-ring (bicyclic) bond motifs is 1. The fraction of sp³-hybridized carbons (Fsp3) is 0.382. The van der Waals surface area contributed by atoms with Crippen molar-refractivity contribution in [1.29, 1.82) is 5.41 Å². The Morgan fingerprint density at radius 1 is 1.20 bits per heavy atom. The normalized spacial score (nSPS) is 19.0. The van der Waals surface area contributed by atoms with E-state index in [1.807, 2.05) is 37.3 Å². The number of para-hydroxylation sites is 1. The zero-order chi connectivity index (χ0) is 31.1. The number of nitrogens with one attached hydrogen (secondary N) is 2. The van der Waals surface area contributed by atoms with Gasteiger partial charge < -0.3 is 34.8 Å². The molecular formula is C34H40N4O6. The molecule has 0 saturated carbocycles. The first-order chi connectivity index (χ1) is 21.4. The fourth-order valence-electron chi connectivity index (χ4n) is 5.87. The monoisotopic (exact) mass is 600 g/mol. The predicted molar refractivity (Wildman–Crippen MR) is 168 cm³/mol. The van der Waals surface area contributed by atoms with E-state index in [0.717, 1.165) is 61.2 Å². The summed E-state index contributed by atoms with van der Waals surface area (Å²) < 4.78 is 23.3. The Morgan fingerprint density at radius 2 is 2.05 bits per heavy atom. The maximum Gasteiger partial charge on any atom is 0.342 e. The number of nitrogens with zero attached hydrogens (tertiary/aromatic N) is 2. The summed E-state index contributed by atoms with van der Waals surface area (Å²) in [6.07, 6.45) is 2.83. The molecule has 10 nitrogen and oxygen atoms in total. The van der Waals surface area contributed by atoms with E-state index >= 15 is 0 Å². The molecule has 0 radical (unpaired) electrons. The first kappa shape index (κ1) is 31.2. The molecule has 44 heavy (non-hydrogen) atoms. The van der Waals surface area contributed by atoms with Gasteiger partial charge in [-0.05, 0) is 67.1 Å². The number of rotatable bonds is 12. The highest BCUT2D eigenvalue weighted by atomic mass is 16.5. The third-order valence-electron chi connectivity index (χ3n) is 8.12. The molecular weight excluding hydrogens is 560 g/mol. The molecule has 2 aliphatic rings. The first-order valence-electron chi connectivity index (χ1n) is 14.9. The predicted octanol–water partition coefficient (Wildman–Crippen LogP) is 5.19. The molecule has 3 aromatic rings. The lowest BCUT2D eigenvalue weighted by molar-refractivity contribution is -0.132. The summed E-state index contributed by atoms with van der Waals surface area (Å²) in [5.41, 5.74) is 5.98. The van der Waals surface area contributed by atoms with Crippen LogP contribution in [0.5, 0.6) is 5.75 Å². The van der Waals surface area contributed by atoms with E-state index < -0.39 is 5.97 Å². The SMILES string of the molecule is CCO/C(Nc1cccc(-c2cccc(C)c2OCc2ccc3c(c2)CCN(C2CCOCC2OC)C3)n1)=C(/C=N)C(=O)O. The maximum absolute atomic E-state index is 11.6. The molecule has 0 aliphatic carbocycles. The largest absolute Gasteiger partial charge is 0.488 e. The van der Waals surface area contributed by atoms with Crippen LogP contribution in [0, 0.1) is 12.3 Å². The highest BCUT2D eigenvalue weighted by Crippen LogP contribution is 2.34. The van der Waals surface area contributed by atoms with E-state index in [0.29, 0.717) is 30.8 Å². The van der Waals surface area contributed by atoms with Crippen molar-refractivity contribution in [2.75, 3.05) is 38.8 Å². The van der Waals surface area contributed by atoms with Crippen LogP contribution in [0.2, 0.25) is 0 Å². The minimum atomic E-state index is -1.26. The van der Waals surface area contributed by atoms with Crippen LogP contribution in [-0.4, -0.2) is 72.8 Å². The van der Waals surface area contributed by atoms with Crippen molar-refractivity contribution in [3.05, 3.63) is 88.3 Å². The summed E-state index contributed by atoms with van der Waals surface area (Å²) in [5, 5.41) is 19.9. The number of pyridine rings is 1. The van der Waals surface area contributed by atoms with Gasteiger partial charge in [0.1, 0.15) is 23.7 Å². The molecule has 1 fully saturated rings. The average Bonchev–Trinajstić information content (AvgIpc) is 3.04. The molecule has 5 rings (SSSR count). The Labute approximate surface area is 258 Å². The smallest absolute Gasteiger partial charge is 0.342 e. The number of ether oxygens (including phenoxy) is 4. The van der Waals surface area contributed by atoms with Crippen LogP contribution in [0.1, 0.15) is 35.6 Å². The van der Waals surface area contributed by atoms with Crippen LogP contribution in [-0.2, 0) is 38.6 Å². The summed E-state index contributed by atoms with van der Waals surface area (Å²) in [6.45, 7) is 7.73. The van der Waals surface area contributed by atoms with Crippen molar-refractivity contribution < 1.29 is 28.8 Å². The van der Waals surface area contributed by atoms with Crippen LogP contribution in [0.15, 0.2) is 66.1 Å². The molecule has 2 aliphatic heterocycles. The second kappa shape index (κ2) is 14.5. The van der Waals surface area contributed by atoms with Gasteiger partial charge in [0.05, 0.1) is 25.0 Å². The van der Waals surface area contributed by atoms with Gasteiger partial charge in [-0.2, -0.15) is 0 Å². The van der Waals surface area contributed by atoms with Gasteiger partial charge in [0.15, 0.2) is 0 Å². The molecule has 1 aromatic heterocycles. The van der Waals surface area contributed by atoms with E-state index in [2.05, 4.69) is 28.4 Å². The van der Waals surface area contributed by atoms with Gasteiger partial charge in [-0.25, -0.2) is 9.78 Å². The fourth-order valence-corrected chi connectivity index (χ4v) is 5.87. The first-order valence-corrected chi connectivity index (χ1v) is 14.9. The van der Waals surface area contributed by atoms with Crippen LogP contribution in [0.25, 0.3) is 11.3 Å². The molecule has 2 unspecified atom stereocenters. The molecule has 3 N–H and O–H groups in total. The Kier molecular flexibility index (Phi) is 10.3. The second-order valence-corrected chi connectivity index (χ2v) is 10.9. The number of carboxylic acids is 1. The van der Waals surface area contributed by atoms with E-state index in [9.17, 15) is 9.90 Å². The highest BCUT2D eigenvalue weighted by Gasteiger charge is 2.32. The molecule has 0 amide bonds. The van der Waals surface area contributed by atoms with Gasteiger partial charge in [0.2, 0.25) is 5.88 Å². The molecule has 0 spiro atoms. The number of carboxylic acid groups (broad SMARTS) is 1. The molecule has 0 bridgehead atoms. The van der Waals surface area contributed by atoms with Crippen molar-refractivity contribution in [2.24, 2.45) is 0 Å². The zero-order valence-electron chi connectivity index (χ0n) is 25.5. The average molecular weight is 601 g/mol. The number of anilines is 1. The minimum Gasteiger partial charge on any atom is -0.488 e. The minimum absolute atomic E-state index is 0.0397. The van der Waals surface area contributed by atoms with Crippen molar-refractivity contribution in [1.82, 2.24) is 9.88 Å². The number of carbonyl (C=O) groups is 1. The quantitative estimate of drug-likeness (QED) is 0.146. The maximum atomic E-state index is 11.6. The molecule has 3 heterocycles. The lowest BCUT2D eigenvalue weighted by Crippen LogP contribution is -2.51. The number of methoxy groups -OCH3 is 1. The number of benzene rings is 2. The van der Waals surface area contributed by atoms with Crippen molar-refractivity contribution in [3.8, 4) is 17.0 Å². The van der Waals surface area contributed by atoms with Crippen molar-refractivity contribution in [2.45, 2.75) is 52.0 Å². The molecule has 10 heteroatoms. The van der Waals surface area contributed by atoms with E-state index in [1.54, 1.807) is 20.1 Å². The van der Waals surface area contributed by atoms with E-state index in [1.165, 1.54) is 11.1 Å². The number of aromatic nitrogens is 1. The highest BCUT2D eigenvalue weighted by molar-refractivity contribution is 6.08. The lowest BCUT2D eigenvalue weighted by atomic mass is 9.94. The van der Waals surface area contributed by atoms with Crippen LogP contribution >= 0.6 is 0 Å². The topological polar surface area (TPSA) is 126 Å². The Morgan fingerprint density at radius 3 is 2.82 bits per heavy atom. The number of hydrogen-bond donors (Lipinski definition) is 3. The summed E-state index contributed by atoms with van der Waals surface area (Å²) >= 11 is 0. The zero-order valence-corrected chi connectivity index (χ0v) is 25.5. The molecule has 1 saturated heterocycles. The Hall–Kier alpha value is -4.25. The summed E-state index contributed by atoms with van der Waals surface area (Å²) in [7, 11) is 1.77. The van der Waals surface area contributed by atoms with Gasteiger partial charge in [-0.3, -0.25) is 4.90 Å². The number of hydrogen-bond acceptors (Lipinski definition) is 9. The van der Waals surface area contributed by atoms with Crippen molar-refractivity contribution in [3.63, 3.8) is 0 Å². The van der Waals surface area contributed by atoms with Gasteiger partial charge in [-0.15, -0.1) is 0 Å². The summed E-state index contributed by atoms with van der Waals surface area (Å²) in [5.74, 6) is -0.181. The summed E-state index contributed by atoms with van der Waals surface area (Å²) in [4.78, 5) is 18.9. The van der Waals surface area contributed by atoms with E-state index in [-0.39, 0.29) is 24.2 Å². The lowest BCUT2D eigenvalue weighted by Gasteiger charge is -2.41. The van der Waals surface area contributed by atoms with Gasteiger partial charge in [0.25, 0.3) is 0 Å². The van der Waals surface area contributed by atoms with Gasteiger partial charge in [0, 0.05) is 44.6 Å². The number of aliphatic carboxylic acids is 1. The van der Waals surface area contributed by atoms with Gasteiger partial charge >= 0.3 is 5.97 Å². The molecule has 2 aromatic carbocycles. The molecule has 232 valence electrons. The third-order valence-corrected chi connectivity index (χ3v) is 8.12. The Bertz CT molecular complexity index is 1520. The summed E-state index contributed by atoms with van der Waals surface area (Å²) in [6, 6.07) is 18.3. The standard InChI is InChI=1S/C34H40N4O6/c1-4-43-33(27(18-35)34(39)40)37-31-10-6-9-28(36-31)26-8-5-7-22(2)32(26)44-20-23-11-12-25-19-38(15-13-24(25)17-23)29-14-16-42-21-30(29)41-3/h5-12,17-18,29-30,35H,4,13-16,19-21H2,1-3H3,(H,36,37)(H,39,40)/b33-27-,35-18?. The Balaban J connectivity index is 1.32. The number of aryl methyl sites for hydroxylation is 1. The van der Waals surface area contributed by atoms with Crippen molar-refractivity contribution >= 4 is 18.0 Å². The van der Waals surface area contributed by atoms with Gasteiger partial charge in [-0.1, -0.05) is 36.4 Å². The van der Waals surface area contributed by atoms with Crippen LogP contribution in [0.4, 0.5) is 5.82 Å². The van der Waals surface area contributed by atoms with E-state index in [4.69, 9.17) is 29.3 Å². The molecule has 2 atom stereocenters.